The Kier molecular flexibility index (Phi) is 5.28. The molecular formula is C16H16N4O5. The van der Waals surface area contributed by atoms with E-state index in [-0.39, 0.29) is 17.6 Å². The van der Waals surface area contributed by atoms with E-state index in [1.165, 1.54) is 6.33 Å². The molecule has 9 heteroatoms. The Morgan fingerprint density at radius 2 is 1.80 bits per heavy atom. The molecule has 0 atom stereocenters. The molecule has 0 aliphatic heterocycles. The summed E-state index contributed by atoms with van der Waals surface area (Å²) in [4.78, 5) is 41.7. The van der Waals surface area contributed by atoms with Crippen LogP contribution in [-0.4, -0.2) is 38.0 Å². The van der Waals surface area contributed by atoms with Crippen molar-refractivity contribution in [2.75, 3.05) is 10.6 Å². The number of nitrogens with zero attached hydrogens (tertiary/aromatic N) is 2. The van der Waals surface area contributed by atoms with E-state index < -0.39 is 17.5 Å². The normalized spacial score (nSPS) is 10.4. The van der Waals surface area contributed by atoms with Gasteiger partial charge in [-0.25, -0.2) is 19.6 Å². The quantitative estimate of drug-likeness (QED) is 0.352. The second kappa shape index (κ2) is 7.39. The summed E-state index contributed by atoms with van der Waals surface area (Å²) in [6, 6.07) is 4.96. The maximum absolute atomic E-state index is 11.8. The zero-order chi connectivity index (χ0) is 18.6. The fourth-order valence-corrected chi connectivity index (χ4v) is 1.89. The monoisotopic (exact) mass is 344 g/mol. The van der Waals surface area contributed by atoms with Gasteiger partial charge in [-0.2, -0.15) is 0 Å². The number of benzene rings is 1. The molecule has 130 valence electrons. The van der Waals surface area contributed by atoms with Crippen LogP contribution >= 0.6 is 0 Å². The number of carboxylic acid groups (broad SMARTS) is 2. The number of carbonyl (C=O) groups is 3. The number of carboxylic acids is 2. The minimum absolute atomic E-state index is 0.162. The molecule has 0 fully saturated rings. The second-order valence-electron chi connectivity index (χ2n) is 5.41. The molecule has 1 aromatic carbocycles. The van der Waals surface area contributed by atoms with Crippen molar-refractivity contribution in [2.24, 2.45) is 5.92 Å². The number of aliphatic carboxylic acids is 2. The van der Waals surface area contributed by atoms with Crippen LogP contribution in [-0.2, 0) is 14.4 Å². The van der Waals surface area contributed by atoms with Crippen LogP contribution in [0.5, 0.6) is 0 Å². The summed E-state index contributed by atoms with van der Waals surface area (Å²) in [6.45, 7) is 3.52. The number of amides is 1. The molecule has 0 saturated heterocycles. The summed E-state index contributed by atoms with van der Waals surface area (Å²) in [7, 11) is 0. The van der Waals surface area contributed by atoms with Gasteiger partial charge in [0.25, 0.3) is 0 Å². The van der Waals surface area contributed by atoms with Crippen molar-refractivity contribution >= 4 is 40.3 Å². The Labute approximate surface area is 142 Å². The minimum Gasteiger partial charge on any atom is -0.477 e. The Hall–Kier alpha value is -3.49. The molecule has 0 radical (unpaired) electrons. The number of anilines is 2. The first-order valence-electron chi connectivity index (χ1n) is 7.28. The molecule has 4 N–H and O–H groups in total. The van der Waals surface area contributed by atoms with Gasteiger partial charge in [-0.05, 0) is 18.2 Å². The number of hydrogen-bond acceptors (Lipinski definition) is 6. The van der Waals surface area contributed by atoms with Crippen LogP contribution < -0.4 is 10.6 Å². The summed E-state index contributed by atoms with van der Waals surface area (Å²) in [5.74, 6) is -3.31. The highest BCUT2D eigenvalue weighted by molar-refractivity contribution is 6.12. The topological polar surface area (TPSA) is 142 Å². The van der Waals surface area contributed by atoms with Crippen LogP contribution in [0.2, 0.25) is 0 Å². The first-order valence-corrected chi connectivity index (χ1v) is 7.28. The smallest absolute Gasteiger partial charge is 0.344 e. The lowest BCUT2D eigenvalue weighted by atomic mass is 10.1. The van der Waals surface area contributed by atoms with Crippen molar-refractivity contribution in [3.63, 3.8) is 0 Å². The van der Waals surface area contributed by atoms with Crippen molar-refractivity contribution in [3.8, 4) is 0 Å². The number of rotatable bonds is 6. The molecule has 9 nitrogen and oxygen atoms in total. The Morgan fingerprint density at radius 3 is 2.40 bits per heavy atom. The zero-order valence-corrected chi connectivity index (χ0v) is 13.5. The molecule has 0 aliphatic carbocycles. The fourth-order valence-electron chi connectivity index (χ4n) is 1.89. The average molecular weight is 344 g/mol. The SMILES string of the molecule is CC(C)C(=O)Nc1ccc2ncnc(NC=C(C(=O)O)C(=O)O)c2c1. The highest BCUT2D eigenvalue weighted by Gasteiger charge is 2.16. The maximum Gasteiger partial charge on any atom is 0.344 e. The summed E-state index contributed by atoms with van der Waals surface area (Å²) < 4.78 is 0. The van der Waals surface area contributed by atoms with Crippen LogP contribution in [0.15, 0.2) is 36.3 Å². The van der Waals surface area contributed by atoms with Crippen molar-refractivity contribution in [3.05, 3.63) is 36.3 Å². The van der Waals surface area contributed by atoms with E-state index in [1.807, 2.05) is 0 Å². The Bertz CT molecular complexity index is 860. The number of fused-ring (bicyclic) bond motifs is 1. The van der Waals surface area contributed by atoms with Crippen LogP contribution in [0.1, 0.15) is 13.8 Å². The molecule has 1 amide bonds. The van der Waals surface area contributed by atoms with E-state index in [2.05, 4.69) is 20.6 Å². The van der Waals surface area contributed by atoms with Crippen molar-refractivity contribution in [1.82, 2.24) is 9.97 Å². The maximum atomic E-state index is 11.8. The molecule has 25 heavy (non-hydrogen) atoms. The number of carbonyl (C=O) groups excluding carboxylic acids is 1. The lowest BCUT2D eigenvalue weighted by Crippen LogP contribution is -2.17. The van der Waals surface area contributed by atoms with Crippen LogP contribution in [0, 0.1) is 5.92 Å². The molecule has 1 heterocycles. The van der Waals surface area contributed by atoms with Gasteiger partial charge in [-0.15, -0.1) is 0 Å². The van der Waals surface area contributed by atoms with E-state index in [9.17, 15) is 14.4 Å². The molecule has 0 unspecified atom stereocenters. The van der Waals surface area contributed by atoms with E-state index in [0.717, 1.165) is 6.20 Å². The van der Waals surface area contributed by atoms with Gasteiger partial charge >= 0.3 is 11.9 Å². The van der Waals surface area contributed by atoms with Crippen LogP contribution in [0.4, 0.5) is 11.5 Å². The molecule has 0 saturated carbocycles. The van der Waals surface area contributed by atoms with Crippen molar-refractivity contribution in [1.29, 1.82) is 0 Å². The fraction of sp³-hybridized carbons (Fsp3) is 0.188. The number of aromatic nitrogens is 2. The van der Waals surface area contributed by atoms with Gasteiger partial charge in [0.15, 0.2) is 5.57 Å². The highest BCUT2D eigenvalue weighted by atomic mass is 16.4. The Morgan fingerprint density at radius 1 is 1.12 bits per heavy atom. The summed E-state index contributed by atoms with van der Waals surface area (Å²) in [6.07, 6.45) is 2.10. The third-order valence-corrected chi connectivity index (χ3v) is 3.24. The molecular weight excluding hydrogens is 328 g/mol. The standard InChI is InChI=1S/C16H16N4O5/c1-8(2)14(21)20-9-3-4-12-10(5-9)13(19-7-18-12)17-6-11(15(22)23)16(24)25/h3-8H,1-2H3,(H,20,21)(H,22,23)(H,24,25)(H,17,18,19). The molecule has 2 rings (SSSR count). The lowest BCUT2D eigenvalue weighted by molar-refractivity contribution is -0.140. The third-order valence-electron chi connectivity index (χ3n) is 3.24. The zero-order valence-electron chi connectivity index (χ0n) is 13.5. The van der Waals surface area contributed by atoms with Gasteiger partial charge in [0.1, 0.15) is 12.1 Å². The summed E-state index contributed by atoms with van der Waals surface area (Å²) in [5, 5.41) is 23.5. The molecule has 1 aromatic heterocycles. The molecule has 0 bridgehead atoms. The van der Waals surface area contributed by atoms with E-state index in [0.29, 0.717) is 16.6 Å². The summed E-state index contributed by atoms with van der Waals surface area (Å²) in [5.41, 5.74) is 0.224. The van der Waals surface area contributed by atoms with Gasteiger partial charge in [-0.3, -0.25) is 4.79 Å². The largest absolute Gasteiger partial charge is 0.477 e. The van der Waals surface area contributed by atoms with Crippen molar-refractivity contribution < 1.29 is 24.6 Å². The minimum atomic E-state index is -1.58. The van der Waals surface area contributed by atoms with Gasteiger partial charge in [-0.1, -0.05) is 13.8 Å². The predicted octanol–water partition coefficient (Wildman–Crippen LogP) is 1.69. The van der Waals surface area contributed by atoms with E-state index in [4.69, 9.17) is 10.2 Å². The van der Waals surface area contributed by atoms with E-state index in [1.54, 1.807) is 32.0 Å². The molecule has 0 aliphatic rings. The predicted molar refractivity (Wildman–Crippen MR) is 90.0 cm³/mol. The summed E-state index contributed by atoms with van der Waals surface area (Å²) >= 11 is 0. The number of nitrogens with one attached hydrogen (secondary N) is 2. The highest BCUT2D eigenvalue weighted by Crippen LogP contribution is 2.23. The lowest BCUT2D eigenvalue weighted by Gasteiger charge is -2.10. The molecule has 0 spiro atoms. The third kappa shape index (κ3) is 4.28. The van der Waals surface area contributed by atoms with E-state index >= 15 is 0 Å². The van der Waals surface area contributed by atoms with Gasteiger partial charge in [0.2, 0.25) is 5.91 Å². The average Bonchev–Trinajstić information content (AvgIpc) is 2.54. The first-order chi connectivity index (χ1) is 11.8. The number of hydrogen-bond donors (Lipinski definition) is 4. The van der Waals surface area contributed by atoms with Gasteiger partial charge in [0, 0.05) is 23.2 Å². The first kappa shape index (κ1) is 17.9. The van der Waals surface area contributed by atoms with Crippen molar-refractivity contribution in [2.45, 2.75) is 13.8 Å². The van der Waals surface area contributed by atoms with Gasteiger partial charge < -0.3 is 20.8 Å². The van der Waals surface area contributed by atoms with Gasteiger partial charge in [0.05, 0.1) is 5.52 Å². The Balaban J connectivity index is 2.40. The molecule has 2 aromatic rings. The van der Waals surface area contributed by atoms with Crippen LogP contribution in [0.3, 0.4) is 0 Å². The van der Waals surface area contributed by atoms with Crippen LogP contribution in [0.25, 0.3) is 10.9 Å². The second-order valence-corrected chi connectivity index (χ2v) is 5.41.